The molecule has 0 unspecified atom stereocenters. The summed E-state index contributed by atoms with van der Waals surface area (Å²) in [5.41, 5.74) is 1.76. The Morgan fingerprint density at radius 3 is 2.71 bits per heavy atom. The lowest BCUT2D eigenvalue weighted by atomic mass is 10.2. The average Bonchev–Trinajstić information content (AvgIpc) is 2.01. The van der Waals surface area contributed by atoms with Gasteiger partial charge in [0.1, 0.15) is 0 Å². The van der Waals surface area contributed by atoms with Crippen molar-refractivity contribution >= 4 is 10.1 Å². The van der Waals surface area contributed by atoms with Crippen LogP contribution < -0.4 is 0 Å². The third kappa shape index (κ3) is 4.34. The molecular weight excluding hydrogens is 202 g/mol. The van der Waals surface area contributed by atoms with Gasteiger partial charge in [0.15, 0.2) is 0 Å². The minimum atomic E-state index is -3.33. The van der Waals surface area contributed by atoms with Gasteiger partial charge in [0, 0.05) is 17.8 Å². The summed E-state index contributed by atoms with van der Waals surface area (Å²) in [6.45, 7) is 2.04. The summed E-state index contributed by atoms with van der Waals surface area (Å²) in [4.78, 5) is 4.22. The second-order valence-electron chi connectivity index (χ2n) is 3.05. The van der Waals surface area contributed by atoms with E-state index in [1.54, 1.807) is 0 Å². The topological polar surface area (TPSA) is 56.3 Å². The van der Waals surface area contributed by atoms with Crippen LogP contribution in [0, 0.1) is 6.92 Å². The maximum absolute atomic E-state index is 10.6. The first-order valence-electron chi connectivity index (χ1n) is 4.24. The molecule has 0 aliphatic rings. The van der Waals surface area contributed by atoms with Gasteiger partial charge < -0.3 is 0 Å². The smallest absolute Gasteiger partial charge is 0.264 e. The van der Waals surface area contributed by atoms with Crippen LogP contribution in [0.2, 0.25) is 0 Å². The summed E-state index contributed by atoms with van der Waals surface area (Å²) in [7, 11) is -3.33. The van der Waals surface area contributed by atoms with Gasteiger partial charge in [-0.15, -0.1) is 0 Å². The molecule has 4 nitrogen and oxygen atoms in total. The molecule has 0 aliphatic carbocycles. The fourth-order valence-electron chi connectivity index (χ4n) is 1.04. The molecule has 0 saturated carbocycles. The van der Waals surface area contributed by atoms with Gasteiger partial charge in [-0.2, -0.15) is 8.42 Å². The van der Waals surface area contributed by atoms with Crippen molar-refractivity contribution in [3.05, 3.63) is 29.6 Å². The summed E-state index contributed by atoms with van der Waals surface area (Å²) in [6.07, 6.45) is 1.55. The number of aryl methyl sites for hydroxylation is 1. The maximum atomic E-state index is 10.6. The first kappa shape index (κ1) is 11.1. The molecule has 0 amide bonds. The van der Waals surface area contributed by atoms with Gasteiger partial charge in [0.25, 0.3) is 10.1 Å². The van der Waals surface area contributed by atoms with Gasteiger partial charge in [0.2, 0.25) is 0 Å². The fourth-order valence-corrected chi connectivity index (χ4v) is 1.42. The summed E-state index contributed by atoms with van der Waals surface area (Å²) in [5.74, 6) is 0. The van der Waals surface area contributed by atoms with Crippen molar-refractivity contribution < 1.29 is 12.6 Å². The summed E-state index contributed by atoms with van der Waals surface area (Å²) in [6, 6.07) is 5.62. The molecule has 0 atom stereocenters. The number of pyridine rings is 1. The fraction of sp³-hybridized carbons (Fsp3) is 0.444. The molecule has 0 fully saturated rings. The van der Waals surface area contributed by atoms with Gasteiger partial charge in [-0.1, -0.05) is 6.07 Å². The molecule has 5 heteroatoms. The highest BCUT2D eigenvalue weighted by Crippen LogP contribution is 2.00. The minimum absolute atomic E-state index is 0.148. The summed E-state index contributed by atoms with van der Waals surface area (Å²) >= 11 is 0. The second-order valence-corrected chi connectivity index (χ2v) is 4.69. The SMILES string of the molecule is Cc1cccc(CCOS(C)(=O)=O)n1. The van der Waals surface area contributed by atoms with E-state index in [1.165, 1.54) is 0 Å². The minimum Gasteiger partial charge on any atom is -0.270 e. The van der Waals surface area contributed by atoms with E-state index in [2.05, 4.69) is 9.17 Å². The first-order chi connectivity index (χ1) is 6.47. The van der Waals surface area contributed by atoms with Crippen LogP contribution in [0.1, 0.15) is 11.4 Å². The van der Waals surface area contributed by atoms with Crippen molar-refractivity contribution in [3.8, 4) is 0 Å². The number of hydrogen-bond acceptors (Lipinski definition) is 4. The van der Waals surface area contributed by atoms with Gasteiger partial charge in [-0.3, -0.25) is 9.17 Å². The molecule has 0 N–H and O–H groups in total. The van der Waals surface area contributed by atoms with Crippen LogP contribution in [0.5, 0.6) is 0 Å². The zero-order chi connectivity index (χ0) is 10.6. The van der Waals surface area contributed by atoms with E-state index in [-0.39, 0.29) is 6.61 Å². The highest BCUT2D eigenvalue weighted by molar-refractivity contribution is 7.85. The Bertz CT molecular complexity index is 400. The zero-order valence-electron chi connectivity index (χ0n) is 8.23. The number of rotatable bonds is 4. The Kier molecular flexibility index (Phi) is 3.60. The van der Waals surface area contributed by atoms with E-state index in [1.807, 2.05) is 25.1 Å². The van der Waals surface area contributed by atoms with E-state index in [4.69, 9.17) is 0 Å². The van der Waals surface area contributed by atoms with Crippen LogP contribution in [0.25, 0.3) is 0 Å². The third-order valence-electron chi connectivity index (χ3n) is 1.60. The Balaban J connectivity index is 2.47. The average molecular weight is 215 g/mol. The van der Waals surface area contributed by atoms with E-state index >= 15 is 0 Å². The lowest BCUT2D eigenvalue weighted by Gasteiger charge is -2.01. The zero-order valence-corrected chi connectivity index (χ0v) is 9.04. The van der Waals surface area contributed by atoms with Crippen LogP contribution in [0.4, 0.5) is 0 Å². The van der Waals surface area contributed by atoms with Crippen molar-refractivity contribution in [2.45, 2.75) is 13.3 Å². The Morgan fingerprint density at radius 1 is 1.43 bits per heavy atom. The molecule has 0 spiro atoms. The van der Waals surface area contributed by atoms with E-state index < -0.39 is 10.1 Å². The van der Waals surface area contributed by atoms with Gasteiger partial charge in [0.05, 0.1) is 12.9 Å². The number of hydrogen-bond donors (Lipinski definition) is 0. The Hall–Kier alpha value is -0.940. The van der Waals surface area contributed by atoms with Gasteiger partial charge in [-0.25, -0.2) is 0 Å². The second kappa shape index (κ2) is 4.52. The molecule has 0 saturated heterocycles. The van der Waals surface area contributed by atoms with Crippen molar-refractivity contribution in [1.29, 1.82) is 0 Å². The van der Waals surface area contributed by atoms with E-state index in [0.717, 1.165) is 17.6 Å². The number of nitrogens with zero attached hydrogens (tertiary/aromatic N) is 1. The molecule has 0 aromatic carbocycles. The van der Waals surface area contributed by atoms with Crippen LogP contribution in [-0.2, 0) is 20.7 Å². The largest absolute Gasteiger partial charge is 0.270 e. The lowest BCUT2D eigenvalue weighted by Crippen LogP contribution is -2.07. The van der Waals surface area contributed by atoms with Crippen molar-refractivity contribution in [3.63, 3.8) is 0 Å². The molecular formula is C9H13NO3S. The molecule has 14 heavy (non-hydrogen) atoms. The monoisotopic (exact) mass is 215 g/mol. The maximum Gasteiger partial charge on any atom is 0.264 e. The van der Waals surface area contributed by atoms with Gasteiger partial charge >= 0.3 is 0 Å². The summed E-state index contributed by atoms with van der Waals surface area (Å²) in [5, 5.41) is 0. The van der Waals surface area contributed by atoms with Crippen molar-refractivity contribution in [2.75, 3.05) is 12.9 Å². The standard InChI is InChI=1S/C9H13NO3S/c1-8-4-3-5-9(10-8)6-7-13-14(2,11)12/h3-5H,6-7H2,1-2H3. The Morgan fingerprint density at radius 2 is 2.14 bits per heavy atom. The van der Waals surface area contributed by atoms with Crippen molar-refractivity contribution in [2.24, 2.45) is 0 Å². The lowest BCUT2D eigenvalue weighted by molar-refractivity contribution is 0.324. The van der Waals surface area contributed by atoms with Crippen LogP contribution in [0.3, 0.4) is 0 Å². The molecule has 1 heterocycles. The normalized spacial score (nSPS) is 11.6. The number of aromatic nitrogens is 1. The molecule has 0 radical (unpaired) electrons. The molecule has 0 bridgehead atoms. The van der Waals surface area contributed by atoms with Crippen LogP contribution in [0.15, 0.2) is 18.2 Å². The predicted molar refractivity (Wildman–Crippen MR) is 53.5 cm³/mol. The van der Waals surface area contributed by atoms with Crippen LogP contribution >= 0.6 is 0 Å². The van der Waals surface area contributed by atoms with Crippen molar-refractivity contribution in [1.82, 2.24) is 4.98 Å². The van der Waals surface area contributed by atoms with E-state index in [9.17, 15) is 8.42 Å². The Labute approximate surface area is 84.1 Å². The molecule has 1 aromatic heterocycles. The molecule has 0 aliphatic heterocycles. The molecule has 1 rings (SSSR count). The van der Waals surface area contributed by atoms with Crippen LogP contribution in [-0.4, -0.2) is 26.3 Å². The molecule has 78 valence electrons. The predicted octanol–water partition coefficient (Wildman–Crippen LogP) is 0.909. The quantitative estimate of drug-likeness (QED) is 0.700. The highest BCUT2D eigenvalue weighted by atomic mass is 32.2. The molecule has 1 aromatic rings. The third-order valence-corrected chi connectivity index (χ3v) is 2.20. The van der Waals surface area contributed by atoms with E-state index in [0.29, 0.717) is 6.42 Å². The summed E-state index contributed by atoms with van der Waals surface area (Å²) < 4.78 is 25.9. The highest BCUT2D eigenvalue weighted by Gasteiger charge is 2.02. The van der Waals surface area contributed by atoms with Gasteiger partial charge in [-0.05, 0) is 19.1 Å². The first-order valence-corrected chi connectivity index (χ1v) is 6.06.